The minimum absolute atomic E-state index is 0.00838. The van der Waals surface area contributed by atoms with Crippen LogP contribution in [0.4, 0.5) is 0 Å². The van der Waals surface area contributed by atoms with Crippen molar-refractivity contribution in [3.63, 3.8) is 0 Å². The van der Waals surface area contributed by atoms with Crippen LogP contribution in [0, 0.1) is 11.8 Å². The summed E-state index contributed by atoms with van der Waals surface area (Å²) in [6.45, 7) is 5.43. The van der Waals surface area contributed by atoms with Crippen LogP contribution in [0.15, 0.2) is 5.11 Å². The monoisotopic (exact) mass is 305 g/mol. The Kier molecular flexibility index (Phi) is 5.24. The minimum Gasteiger partial charge on any atom is -0.463 e. The third-order valence-electron chi connectivity index (χ3n) is 3.02. The number of alkyl halides is 1. The Labute approximate surface area is 108 Å². The summed E-state index contributed by atoms with van der Waals surface area (Å²) < 4.78 is 10.6. The molecule has 0 spiro atoms. The maximum absolute atomic E-state index is 10.8. The first-order valence-corrected chi connectivity index (χ1v) is 6.36. The predicted molar refractivity (Wildman–Crippen MR) is 65.5 cm³/mol. The fourth-order valence-electron chi connectivity index (χ4n) is 1.93. The van der Waals surface area contributed by atoms with E-state index in [0.29, 0.717) is 0 Å². The third-order valence-corrected chi connectivity index (χ3v) is 4.07. The number of hydrogen-bond donors (Lipinski definition) is 0. The molecule has 7 heteroatoms. The Balaban J connectivity index is 2.73. The minimum atomic E-state index is -0.342. The Morgan fingerprint density at radius 1 is 1.53 bits per heavy atom. The fraction of sp³-hybridized carbons (Fsp3) is 0.900. The largest absolute Gasteiger partial charge is 0.463 e. The number of azide groups is 1. The van der Waals surface area contributed by atoms with Gasteiger partial charge in [0.05, 0.1) is 6.10 Å². The van der Waals surface area contributed by atoms with E-state index in [1.165, 1.54) is 6.92 Å². The molecule has 0 radical (unpaired) electrons. The quantitative estimate of drug-likeness (QED) is 0.264. The van der Waals surface area contributed by atoms with E-state index in [-0.39, 0.29) is 41.6 Å². The summed E-state index contributed by atoms with van der Waals surface area (Å²) >= 11 is 3.39. The Morgan fingerprint density at radius 2 is 2.18 bits per heavy atom. The van der Waals surface area contributed by atoms with Gasteiger partial charge in [-0.3, -0.25) is 4.79 Å². The van der Waals surface area contributed by atoms with Crippen molar-refractivity contribution in [1.82, 2.24) is 0 Å². The first-order chi connectivity index (χ1) is 7.97. The zero-order chi connectivity index (χ0) is 13.0. The first kappa shape index (κ1) is 14.3. The number of hydrogen-bond acceptors (Lipinski definition) is 4. The van der Waals surface area contributed by atoms with E-state index >= 15 is 0 Å². The lowest BCUT2D eigenvalue weighted by Crippen LogP contribution is -2.47. The maximum atomic E-state index is 10.8. The van der Waals surface area contributed by atoms with Crippen LogP contribution in [0.3, 0.4) is 0 Å². The number of ether oxygens (including phenoxy) is 2. The van der Waals surface area contributed by atoms with Gasteiger partial charge in [0, 0.05) is 23.8 Å². The van der Waals surface area contributed by atoms with Gasteiger partial charge >= 0.3 is 5.97 Å². The van der Waals surface area contributed by atoms with E-state index in [1.54, 1.807) is 0 Å². The molecular formula is C10H16BrN3O3. The molecular weight excluding hydrogens is 290 g/mol. The molecule has 6 nitrogen and oxygen atoms in total. The van der Waals surface area contributed by atoms with Crippen molar-refractivity contribution in [1.29, 1.82) is 0 Å². The lowest BCUT2D eigenvalue weighted by Gasteiger charge is -2.40. The summed E-state index contributed by atoms with van der Waals surface area (Å²) in [6, 6.07) is -0.168. The van der Waals surface area contributed by atoms with Crippen LogP contribution < -0.4 is 0 Å². The van der Waals surface area contributed by atoms with Crippen molar-refractivity contribution in [3.8, 4) is 0 Å². The maximum Gasteiger partial charge on any atom is 0.302 e. The summed E-state index contributed by atoms with van der Waals surface area (Å²) in [6.07, 6.45) is -0.255. The summed E-state index contributed by atoms with van der Waals surface area (Å²) in [5.74, 6) is -0.255. The Morgan fingerprint density at radius 3 is 2.71 bits per heavy atom. The van der Waals surface area contributed by atoms with Crippen molar-refractivity contribution < 1.29 is 14.3 Å². The molecule has 2 unspecified atom stereocenters. The highest BCUT2D eigenvalue weighted by Crippen LogP contribution is 2.35. The molecule has 1 aliphatic rings. The molecule has 0 amide bonds. The molecule has 0 saturated carbocycles. The molecule has 1 aliphatic heterocycles. The van der Waals surface area contributed by atoms with E-state index in [9.17, 15) is 4.79 Å². The standard InChI is InChI=1S/C10H16BrN3O3/c1-5-8(4-16-7(3)15)17-10(11)6(2)9(5)13-14-12/h5-6,8-10H,4H2,1-3H3/t5-,6?,8?,9-,10-/m0/s1. The van der Waals surface area contributed by atoms with Crippen molar-refractivity contribution in [3.05, 3.63) is 10.4 Å². The number of carbonyl (C=O) groups is 1. The molecule has 0 aromatic rings. The van der Waals surface area contributed by atoms with E-state index in [2.05, 4.69) is 26.0 Å². The van der Waals surface area contributed by atoms with Crippen molar-refractivity contribution in [2.45, 2.75) is 37.9 Å². The van der Waals surface area contributed by atoms with E-state index in [4.69, 9.17) is 15.0 Å². The smallest absolute Gasteiger partial charge is 0.302 e. The second kappa shape index (κ2) is 6.23. The van der Waals surface area contributed by atoms with E-state index in [0.717, 1.165) is 0 Å². The van der Waals surface area contributed by atoms with Gasteiger partial charge in [0.2, 0.25) is 0 Å². The summed E-state index contributed by atoms with van der Waals surface area (Å²) in [7, 11) is 0. The van der Waals surface area contributed by atoms with Crippen LogP contribution in [0.5, 0.6) is 0 Å². The van der Waals surface area contributed by atoms with E-state index < -0.39 is 0 Å². The lowest BCUT2D eigenvalue weighted by molar-refractivity contribution is -0.152. The van der Waals surface area contributed by atoms with Crippen molar-refractivity contribution in [2.75, 3.05) is 6.61 Å². The molecule has 1 rings (SSSR count). The number of nitrogens with zero attached hydrogens (tertiary/aromatic N) is 3. The van der Waals surface area contributed by atoms with Gasteiger partial charge in [-0.2, -0.15) is 0 Å². The number of esters is 1. The van der Waals surface area contributed by atoms with Gasteiger partial charge in [-0.15, -0.1) is 0 Å². The summed E-state index contributed by atoms with van der Waals surface area (Å²) in [4.78, 5) is 13.6. The van der Waals surface area contributed by atoms with Crippen LogP contribution in [-0.2, 0) is 14.3 Å². The average molecular weight is 306 g/mol. The zero-order valence-electron chi connectivity index (χ0n) is 10.0. The highest BCUT2D eigenvalue weighted by Gasteiger charge is 2.40. The Hall–Kier alpha value is -0.780. The third kappa shape index (κ3) is 3.59. The molecule has 0 aromatic carbocycles. The lowest BCUT2D eigenvalue weighted by atomic mass is 9.85. The van der Waals surface area contributed by atoms with Crippen molar-refractivity contribution >= 4 is 21.9 Å². The molecule has 0 N–H and O–H groups in total. The second-order valence-corrected chi connectivity index (χ2v) is 5.14. The molecule has 5 atom stereocenters. The van der Waals surface area contributed by atoms with Gasteiger partial charge in [-0.05, 0) is 11.4 Å². The van der Waals surface area contributed by atoms with Gasteiger partial charge in [0.25, 0.3) is 0 Å². The molecule has 0 aromatic heterocycles. The zero-order valence-corrected chi connectivity index (χ0v) is 11.6. The number of rotatable bonds is 3. The van der Waals surface area contributed by atoms with Gasteiger partial charge < -0.3 is 9.47 Å². The SMILES string of the molecule is CC(=O)OCC1O[C@H](Br)C(C)[C@@H](N=[N+]=[N-])[C@H]1C. The number of halogens is 1. The first-order valence-electron chi connectivity index (χ1n) is 5.44. The van der Waals surface area contributed by atoms with Gasteiger partial charge in [-0.25, -0.2) is 0 Å². The highest BCUT2D eigenvalue weighted by atomic mass is 79.9. The van der Waals surface area contributed by atoms with Gasteiger partial charge in [-0.1, -0.05) is 34.9 Å². The highest BCUT2D eigenvalue weighted by molar-refractivity contribution is 9.09. The van der Waals surface area contributed by atoms with Gasteiger partial charge in [0.1, 0.15) is 11.6 Å². The molecule has 0 bridgehead atoms. The molecule has 0 aliphatic carbocycles. The fourth-order valence-corrected chi connectivity index (χ4v) is 2.52. The normalized spacial score (nSPS) is 37.1. The second-order valence-electron chi connectivity index (χ2n) is 4.24. The van der Waals surface area contributed by atoms with Crippen LogP contribution in [0.2, 0.25) is 0 Å². The van der Waals surface area contributed by atoms with Crippen LogP contribution >= 0.6 is 15.9 Å². The molecule has 1 fully saturated rings. The van der Waals surface area contributed by atoms with Gasteiger partial charge in [0.15, 0.2) is 0 Å². The summed E-state index contributed by atoms with van der Waals surface area (Å²) in [5, 5.41) is 3.60. The molecule has 96 valence electrons. The molecule has 1 heterocycles. The molecule has 17 heavy (non-hydrogen) atoms. The number of carbonyl (C=O) groups excluding carboxylic acids is 1. The van der Waals surface area contributed by atoms with Crippen molar-refractivity contribution in [2.24, 2.45) is 17.0 Å². The predicted octanol–water partition coefficient (Wildman–Crippen LogP) is 2.62. The van der Waals surface area contributed by atoms with Crippen LogP contribution in [0.1, 0.15) is 20.8 Å². The van der Waals surface area contributed by atoms with Crippen LogP contribution in [-0.4, -0.2) is 29.7 Å². The van der Waals surface area contributed by atoms with E-state index in [1.807, 2.05) is 13.8 Å². The Bertz CT molecular complexity index is 333. The average Bonchev–Trinajstić information content (AvgIpc) is 2.27. The topological polar surface area (TPSA) is 84.3 Å². The van der Waals surface area contributed by atoms with Crippen LogP contribution in [0.25, 0.3) is 10.4 Å². The summed E-state index contributed by atoms with van der Waals surface area (Å²) in [5.41, 5.74) is 8.56. The molecule has 1 saturated heterocycles.